The molecule has 0 spiro atoms. The third-order valence-corrected chi connectivity index (χ3v) is 2.46. The molecule has 3 heteroatoms. The van der Waals surface area contributed by atoms with Gasteiger partial charge < -0.3 is 10.1 Å². The highest BCUT2D eigenvalue weighted by Crippen LogP contribution is 2.15. The van der Waals surface area contributed by atoms with Crippen molar-refractivity contribution in [3.05, 3.63) is 0 Å². The van der Waals surface area contributed by atoms with E-state index in [9.17, 15) is 0 Å². The van der Waals surface area contributed by atoms with E-state index in [0.29, 0.717) is 12.1 Å². The van der Waals surface area contributed by atoms with Crippen LogP contribution in [0.2, 0.25) is 0 Å². The number of rotatable bonds is 3. The Morgan fingerprint density at radius 1 is 1.64 bits per heavy atom. The quantitative estimate of drug-likeness (QED) is 0.622. The Labute approximate surface area is 68.7 Å². The van der Waals surface area contributed by atoms with Crippen LogP contribution in [0.3, 0.4) is 0 Å². The van der Waals surface area contributed by atoms with Crippen molar-refractivity contribution in [2.24, 2.45) is 0 Å². The Morgan fingerprint density at radius 2 is 2.36 bits per heavy atom. The van der Waals surface area contributed by atoms with Gasteiger partial charge >= 0.3 is 0 Å². The molecule has 3 nitrogen and oxygen atoms in total. The van der Waals surface area contributed by atoms with Crippen molar-refractivity contribution in [2.75, 3.05) is 34.4 Å². The predicted octanol–water partition coefficient (Wildman–Crippen LogP) is -0.0751. The molecule has 0 aromatic carbocycles. The standard InChI is InChI=1S/C8H18N2O/c1-9-7-4-8(6-11-3)10(2)5-7/h7-9H,4-6H2,1-3H3/t7-,8+/m1/s1. The molecule has 66 valence electrons. The number of methoxy groups -OCH3 is 1. The first-order valence-electron chi connectivity index (χ1n) is 4.14. The van der Waals surface area contributed by atoms with Crippen LogP contribution < -0.4 is 5.32 Å². The fourth-order valence-electron chi connectivity index (χ4n) is 1.68. The van der Waals surface area contributed by atoms with Crippen LogP contribution in [0.5, 0.6) is 0 Å². The summed E-state index contributed by atoms with van der Waals surface area (Å²) < 4.78 is 5.12. The maximum absolute atomic E-state index is 5.12. The number of ether oxygens (including phenoxy) is 1. The molecule has 1 N–H and O–H groups in total. The first-order chi connectivity index (χ1) is 5.27. The number of likely N-dealkylation sites (tertiary alicyclic amines) is 1. The predicted molar refractivity (Wildman–Crippen MR) is 45.8 cm³/mol. The SMILES string of the molecule is CN[C@@H]1C[C@@H](COC)N(C)C1. The van der Waals surface area contributed by atoms with Gasteiger partial charge in [0.1, 0.15) is 0 Å². The summed E-state index contributed by atoms with van der Waals surface area (Å²) in [7, 11) is 5.94. The van der Waals surface area contributed by atoms with Crippen LogP contribution in [0.1, 0.15) is 6.42 Å². The minimum absolute atomic E-state index is 0.609. The molecule has 2 atom stereocenters. The zero-order valence-electron chi connectivity index (χ0n) is 7.63. The largest absolute Gasteiger partial charge is 0.383 e. The molecule has 1 saturated heterocycles. The summed E-state index contributed by atoms with van der Waals surface area (Å²) in [5.41, 5.74) is 0. The van der Waals surface area contributed by atoms with Crippen LogP contribution in [-0.2, 0) is 4.74 Å². The summed E-state index contributed by atoms with van der Waals surface area (Å²) in [5, 5.41) is 3.29. The van der Waals surface area contributed by atoms with Gasteiger partial charge in [-0.3, -0.25) is 4.90 Å². The normalized spacial score (nSPS) is 33.0. The van der Waals surface area contributed by atoms with E-state index in [1.165, 1.54) is 6.42 Å². The maximum Gasteiger partial charge on any atom is 0.0618 e. The van der Waals surface area contributed by atoms with Crippen molar-refractivity contribution >= 4 is 0 Å². The van der Waals surface area contributed by atoms with E-state index in [2.05, 4.69) is 17.3 Å². The van der Waals surface area contributed by atoms with Gasteiger partial charge in [0.2, 0.25) is 0 Å². The van der Waals surface area contributed by atoms with Gasteiger partial charge in [-0.1, -0.05) is 0 Å². The average Bonchev–Trinajstić information content (AvgIpc) is 2.33. The average molecular weight is 158 g/mol. The second-order valence-electron chi connectivity index (χ2n) is 3.27. The summed E-state index contributed by atoms with van der Waals surface area (Å²) >= 11 is 0. The van der Waals surface area contributed by atoms with E-state index < -0.39 is 0 Å². The van der Waals surface area contributed by atoms with Gasteiger partial charge in [0, 0.05) is 25.7 Å². The van der Waals surface area contributed by atoms with E-state index in [1.807, 2.05) is 7.05 Å². The Hall–Kier alpha value is -0.120. The molecular weight excluding hydrogens is 140 g/mol. The molecule has 1 heterocycles. The van der Waals surface area contributed by atoms with Crippen molar-refractivity contribution in [1.82, 2.24) is 10.2 Å². The molecule has 0 amide bonds. The van der Waals surface area contributed by atoms with Gasteiger partial charge in [-0.25, -0.2) is 0 Å². The third kappa shape index (κ3) is 2.15. The van der Waals surface area contributed by atoms with Crippen molar-refractivity contribution in [3.63, 3.8) is 0 Å². The highest BCUT2D eigenvalue weighted by Gasteiger charge is 2.27. The zero-order valence-corrected chi connectivity index (χ0v) is 7.63. The highest BCUT2D eigenvalue weighted by molar-refractivity contribution is 4.86. The minimum atomic E-state index is 0.609. The molecule has 1 rings (SSSR count). The van der Waals surface area contributed by atoms with Crippen molar-refractivity contribution in [3.8, 4) is 0 Å². The lowest BCUT2D eigenvalue weighted by molar-refractivity contribution is 0.129. The smallest absolute Gasteiger partial charge is 0.0618 e. The molecule has 0 aromatic rings. The van der Waals surface area contributed by atoms with Crippen molar-refractivity contribution < 1.29 is 4.74 Å². The number of hydrogen-bond acceptors (Lipinski definition) is 3. The summed E-state index contributed by atoms with van der Waals surface area (Å²) in [6.45, 7) is 2.00. The van der Waals surface area contributed by atoms with Crippen LogP contribution >= 0.6 is 0 Å². The number of likely N-dealkylation sites (N-methyl/N-ethyl adjacent to an activating group) is 2. The molecule has 1 aliphatic heterocycles. The molecular formula is C8H18N2O. The molecule has 1 fully saturated rings. The monoisotopic (exact) mass is 158 g/mol. The molecule has 0 unspecified atom stereocenters. The van der Waals surface area contributed by atoms with E-state index in [4.69, 9.17) is 4.74 Å². The van der Waals surface area contributed by atoms with Gasteiger partial charge in [-0.05, 0) is 20.5 Å². The van der Waals surface area contributed by atoms with Crippen molar-refractivity contribution in [1.29, 1.82) is 0 Å². The van der Waals surface area contributed by atoms with E-state index >= 15 is 0 Å². The zero-order chi connectivity index (χ0) is 8.27. The molecule has 1 aliphatic rings. The van der Waals surface area contributed by atoms with Gasteiger partial charge in [0.15, 0.2) is 0 Å². The number of nitrogens with one attached hydrogen (secondary N) is 1. The second kappa shape index (κ2) is 4.04. The topological polar surface area (TPSA) is 24.5 Å². The Balaban J connectivity index is 2.32. The lowest BCUT2D eigenvalue weighted by Crippen LogP contribution is -2.29. The fourth-order valence-corrected chi connectivity index (χ4v) is 1.68. The molecule has 0 aliphatic carbocycles. The number of nitrogens with zero attached hydrogens (tertiary/aromatic N) is 1. The Bertz CT molecular complexity index is 119. The lowest BCUT2D eigenvalue weighted by Gasteiger charge is -2.17. The van der Waals surface area contributed by atoms with E-state index in [0.717, 1.165) is 13.2 Å². The molecule has 0 bridgehead atoms. The van der Waals surface area contributed by atoms with Gasteiger partial charge in [0.25, 0.3) is 0 Å². The van der Waals surface area contributed by atoms with Crippen LogP contribution in [0.25, 0.3) is 0 Å². The third-order valence-electron chi connectivity index (χ3n) is 2.46. The first-order valence-corrected chi connectivity index (χ1v) is 4.14. The highest BCUT2D eigenvalue weighted by atomic mass is 16.5. The lowest BCUT2D eigenvalue weighted by atomic mass is 10.2. The summed E-state index contributed by atoms with van der Waals surface area (Å²) in [4.78, 5) is 2.35. The summed E-state index contributed by atoms with van der Waals surface area (Å²) in [6, 6.07) is 1.26. The van der Waals surface area contributed by atoms with Crippen molar-refractivity contribution in [2.45, 2.75) is 18.5 Å². The minimum Gasteiger partial charge on any atom is -0.383 e. The number of hydrogen-bond donors (Lipinski definition) is 1. The van der Waals surface area contributed by atoms with Gasteiger partial charge in [-0.15, -0.1) is 0 Å². The van der Waals surface area contributed by atoms with Crippen LogP contribution in [0.4, 0.5) is 0 Å². The van der Waals surface area contributed by atoms with E-state index in [-0.39, 0.29) is 0 Å². The fraction of sp³-hybridized carbons (Fsp3) is 1.00. The van der Waals surface area contributed by atoms with E-state index in [1.54, 1.807) is 7.11 Å². The maximum atomic E-state index is 5.12. The Kier molecular flexibility index (Phi) is 3.30. The van der Waals surface area contributed by atoms with Gasteiger partial charge in [0.05, 0.1) is 6.61 Å². The van der Waals surface area contributed by atoms with Crippen LogP contribution in [0, 0.1) is 0 Å². The first kappa shape index (κ1) is 8.97. The van der Waals surface area contributed by atoms with Crippen LogP contribution in [0.15, 0.2) is 0 Å². The second-order valence-corrected chi connectivity index (χ2v) is 3.27. The molecule has 0 aromatic heterocycles. The molecule has 0 saturated carbocycles. The summed E-state index contributed by atoms with van der Waals surface area (Å²) in [6.07, 6.45) is 1.21. The molecule has 0 radical (unpaired) electrons. The summed E-state index contributed by atoms with van der Waals surface area (Å²) in [5.74, 6) is 0. The van der Waals surface area contributed by atoms with Gasteiger partial charge in [-0.2, -0.15) is 0 Å². The molecule has 11 heavy (non-hydrogen) atoms. The Morgan fingerprint density at radius 3 is 2.82 bits per heavy atom. The van der Waals surface area contributed by atoms with Crippen LogP contribution in [-0.4, -0.2) is 51.3 Å².